The van der Waals surface area contributed by atoms with Crippen molar-refractivity contribution in [1.82, 2.24) is 9.97 Å². The number of rotatable bonds is 6. The Kier molecular flexibility index (Phi) is 4.21. The number of nitrogens with zero attached hydrogens (tertiary/aromatic N) is 1. The predicted octanol–water partition coefficient (Wildman–Crippen LogP) is 2.15. The van der Waals surface area contributed by atoms with Crippen molar-refractivity contribution in [3.63, 3.8) is 0 Å². The van der Waals surface area contributed by atoms with Crippen LogP contribution in [0.15, 0.2) is 29.4 Å². The minimum absolute atomic E-state index is 0.0400. The molecule has 5 nitrogen and oxygen atoms in total. The summed E-state index contributed by atoms with van der Waals surface area (Å²) in [6.07, 6.45) is 0.589. The minimum Gasteiger partial charge on any atom is -0.379 e. The lowest BCUT2D eigenvalue weighted by Gasteiger charge is -2.06. The van der Waals surface area contributed by atoms with E-state index < -0.39 is 9.84 Å². The first-order chi connectivity index (χ1) is 8.99. The lowest BCUT2D eigenvalue weighted by molar-refractivity contribution is 0.0797. The Morgan fingerprint density at radius 2 is 2.05 bits per heavy atom. The van der Waals surface area contributed by atoms with Crippen LogP contribution in [-0.2, 0) is 14.6 Å². The van der Waals surface area contributed by atoms with Crippen molar-refractivity contribution in [1.29, 1.82) is 0 Å². The summed E-state index contributed by atoms with van der Waals surface area (Å²) in [5.74, 6) is 0.0412. The van der Waals surface area contributed by atoms with Gasteiger partial charge in [-0.15, -0.1) is 0 Å². The number of H-pyrrole nitrogens is 1. The molecule has 0 unspecified atom stereocenters. The largest absolute Gasteiger partial charge is 0.379 e. The SMILES string of the molecule is CC(C)OCCCS(=O)(=O)c1nc2ccccc2[nH]1. The van der Waals surface area contributed by atoms with E-state index in [2.05, 4.69) is 9.97 Å². The third-order valence-electron chi connectivity index (χ3n) is 2.67. The molecular weight excluding hydrogens is 264 g/mol. The lowest BCUT2D eigenvalue weighted by atomic mass is 10.3. The Labute approximate surface area is 112 Å². The number of imidazole rings is 1. The van der Waals surface area contributed by atoms with Crippen LogP contribution in [0.4, 0.5) is 0 Å². The first kappa shape index (κ1) is 14.0. The second-order valence-corrected chi connectivity index (χ2v) is 6.68. The highest BCUT2D eigenvalue weighted by atomic mass is 32.2. The molecule has 104 valence electrons. The van der Waals surface area contributed by atoms with Gasteiger partial charge in [-0.25, -0.2) is 13.4 Å². The molecule has 0 fully saturated rings. The number of hydrogen-bond acceptors (Lipinski definition) is 4. The first-order valence-electron chi connectivity index (χ1n) is 6.28. The number of nitrogens with one attached hydrogen (secondary N) is 1. The number of hydrogen-bond donors (Lipinski definition) is 1. The normalized spacial score (nSPS) is 12.4. The van der Waals surface area contributed by atoms with Crippen molar-refractivity contribution in [3.05, 3.63) is 24.3 Å². The molecule has 1 N–H and O–H groups in total. The number of fused-ring (bicyclic) bond motifs is 1. The maximum absolute atomic E-state index is 12.1. The molecule has 0 amide bonds. The quantitative estimate of drug-likeness (QED) is 0.824. The molecule has 0 bridgehead atoms. The van der Waals surface area contributed by atoms with Gasteiger partial charge in [0.25, 0.3) is 0 Å². The molecule has 19 heavy (non-hydrogen) atoms. The third-order valence-corrected chi connectivity index (χ3v) is 4.28. The lowest BCUT2D eigenvalue weighted by Crippen LogP contribution is -2.12. The second-order valence-electron chi connectivity index (χ2n) is 4.65. The Morgan fingerprint density at radius 1 is 1.32 bits per heavy atom. The van der Waals surface area contributed by atoms with Crippen LogP contribution in [0.3, 0.4) is 0 Å². The van der Waals surface area contributed by atoms with Gasteiger partial charge in [0.2, 0.25) is 15.0 Å². The smallest absolute Gasteiger partial charge is 0.226 e. The zero-order chi connectivity index (χ0) is 13.9. The molecule has 0 aliphatic carbocycles. The number of sulfone groups is 1. The van der Waals surface area contributed by atoms with E-state index in [4.69, 9.17) is 4.74 Å². The molecule has 0 atom stereocenters. The second kappa shape index (κ2) is 5.71. The average Bonchev–Trinajstić information content (AvgIpc) is 2.79. The maximum atomic E-state index is 12.1. The van der Waals surface area contributed by atoms with Crippen molar-refractivity contribution in [3.8, 4) is 0 Å². The summed E-state index contributed by atoms with van der Waals surface area (Å²) in [6, 6.07) is 7.26. The number of ether oxygens (including phenoxy) is 1. The van der Waals surface area contributed by atoms with Gasteiger partial charge in [-0.1, -0.05) is 12.1 Å². The van der Waals surface area contributed by atoms with E-state index in [1.807, 2.05) is 32.0 Å². The Morgan fingerprint density at radius 3 is 2.74 bits per heavy atom. The molecule has 0 saturated carbocycles. The molecule has 0 radical (unpaired) electrons. The summed E-state index contributed by atoms with van der Waals surface area (Å²) in [5, 5.41) is 0.0400. The highest BCUT2D eigenvalue weighted by Gasteiger charge is 2.18. The fourth-order valence-electron chi connectivity index (χ4n) is 1.74. The van der Waals surface area contributed by atoms with Gasteiger partial charge in [0.15, 0.2) is 0 Å². The standard InChI is InChI=1S/C13H18N2O3S/c1-10(2)18-8-5-9-19(16,17)13-14-11-6-3-4-7-12(11)15-13/h3-4,6-7,10H,5,8-9H2,1-2H3,(H,14,15). The van der Waals surface area contributed by atoms with E-state index in [1.165, 1.54) is 0 Å². The van der Waals surface area contributed by atoms with Gasteiger partial charge in [0, 0.05) is 6.61 Å². The number of aromatic amines is 1. The Balaban J connectivity index is 2.06. The summed E-state index contributed by atoms with van der Waals surface area (Å²) in [7, 11) is -3.37. The highest BCUT2D eigenvalue weighted by Crippen LogP contribution is 2.15. The predicted molar refractivity (Wildman–Crippen MR) is 73.9 cm³/mol. The molecule has 1 aromatic heterocycles. The Bertz CT molecular complexity index is 614. The van der Waals surface area contributed by atoms with Gasteiger partial charge >= 0.3 is 0 Å². The first-order valence-corrected chi connectivity index (χ1v) is 7.93. The molecule has 1 aromatic carbocycles. The zero-order valence-corrected chi connectivity index (χ0v) is 11.9. The van der Waals surface area contributed by atoms with E-state index in [0.29, 0.717) is 18.5 Å². The minimum atomic E-state index is -3.37. The van der Waals surface area contributed by atoms with Gasteiger partial charge in [0.1, 0.15) is 0 Å². The van der Waals surface area contributed by atoms with Gasteiger partial charge in [-0.05, 0) is 32.4 Å². The van der Waals surface area contributed by atoms with Crippen LogP contribution in [0.2, 0.25) is 0 Å². The van der Waals surface area contributed by atoms with Crippen LogP contribution in [0.25, 0.3) is 11.0 Å². The fraction of sp³-hybridized carbons (Fsp3) is 0.462. The number of benzene rings is 1. The summed E-state index contributed by atoms with van der Waals surface area (Å²) in [6.45, 7) is 4.29. The van der Waals surface area contributed by atoms with Crippen molar-refractivity contribution < 1.29 is 13.2 Å². The number of aromatic nitrogens is 2. The number of para-hydroxylation sites is 2. The molecule has 2 rings (SSSR count). The van der Waals surface area contributed by atoms with Gasteiger partial charge in [-0.3, -0.25) is 0 Å². The van der Waals surface area contributed by atoms with E-state index in [1.54, 1.807) is 6.07 Å². The zero-order valence-electron chi connectivity index (χ0n) is 11.1. The van der Waals surface area contributed by atoms with E-state index in [9.17, 15) is 8.42 Å². The van der Waals surface area contributed by atoms with Crippen molar-refractivity contribution in [2.45, 2.75) is 31.5 Å². The summed E-state index contributed by atoms with van der Waals surface area (Å²) >= 11 is 0. The van der Waals surface area contributed by atoms with Crippen LogP contribution in [0.5, 0.6) is 0 Å². The van der Waals surface area contributed by atoms with Gasteiger partial charge in [0.05, 0.1) is 22.9 Å². The molecular formula is C13H18N2O3S. The fourth-order valence-corrected chi connectivity index (χ4v) is 2.94. The van der Waals surface area contributed by atoms with E-state index >= 15 is 0 Å². The summed E-state index contributed by atoms with van der Waals surface area (Å²) in [4.78, 5) is 6.96. The van der Waals surface area contributed by atoms with Gasteiger partial charge in [-0.2, -0.15) is 0 Å². The van der Waals surface area contributed by atoms with E-state index in [0.717, 1.165) is 5.52 Å². The van der Waals surface area contributed by atoms with Crippen molar-refractivity contribution in [2.75, 3.05) is 12.4 Å². The maximum Gasteiger partial charge on any atom is 0.226 e. The molecule has 0 aliphatic heterocycles. The van der Waals surface area contributed by atoms with Crippen molar-refractivity contribution in [2.24, 2.45) is 0 Å². The average molecular weight is 282 g/mol. The molecule has 1 heterocycles. The van der Waals surface area contributed by atoms with Gasteiger partial charge < -0.3 is 9.72 Å². The molecule has 6 heteroatoms. The molecule has 0 saturated heterocycles. The van der Waals surface area contributed by atoms with Crippen LogP contribution in [0.1, 0.15) is 20.3 Å². The van der Waals surface area contributed by atoms with Crippen LogP contribution >= 0.6 is 0 Å². The third kappa shape index (κ3) is 3.54. The molecule has 0 aliphatic rings. The monoisotopic (exact) mass is 282 g/mol. The van der Waals surface area contributed by atoms with Crippen LogP contribution in [0, 0.1) is 0 Å². The topological polar surface area (TPSA) is 72.1 Å². The van der Waals surface area contributed by atoms with Crippen molar-refractivity contribution >= 4 is 20.9 Å². The highest BCUT2D eigenvalue weighted by molar-refractivity contribution is 7.91. The van der Waals surface area contributed by atoms with E-state index in [-0.39, 0.29) is 17.0 Å². The summed E-state index contributed by atoms with van der Waals surface area (Å²) in [5.41, 5.74) is 1.40. The summed E-state index contributed by atoms with van der Waals surface area (Å²) < 4.78 is 29.5. The van der Waals surface area contributed by atoms with Crippen LogP contribution < -0.4 is 0 Å². The molecule has 0 spiro atoms. The Hall–Kier alpha value is -1.40. The molecule has 2 aromatic rings. The van der Waals surface area contributed by atoms with Crippen LogP contribution in [-0.4, -0.2) is 36.8 Å².